The molecule has 5 heteroatoms. The van der Waals surface area contributed by atoms with E-state index in [1.807, 2.05) is 38.1 Å². The van der Waals surface area contributed by atoms with Crippen molar-refractivity contribution in [2.45, 2.75) is 20.0 Å². The first-order valence-corrected chi connectivity index (χ1v) is 7.00. The van der Waals surface area contributed by atoms with Crippen LogP contribution in [0.15, 0.2) is 24.3 Å². The fourth-order valence-corrected chi connectivity index (χ4v) is 2.09. The minimum Gasteiger partial charge on any atom is -0.378 e. The fraction of sp³-hybridized carbons (Fsp3) is 0.533. The van der Waals surface area contributed by atoms with Gasteiger partial charge in [-0.2, -0.15) is 0 Å². The molecule has 1 aliphatic rings. The number of hydrogen-bond acceptors (Lipinski definition) is 4. The fourth-order valence-electron chi connectivity index (χ4n) is 2.09. The number of nitrogens with zero attached hydrogens (tertiary/aromatic N) is 1. The molecule has 1 aromatic carbocycles. The van der Waals surface area contributed by atoms with Gasteiger partial charge in [0.25, 0.3) is 0 Å². The van der Waals surface area contributed by atoms with E-state index in [-0.39, 0.29) is 18.6 Å². The Balaban J connectivity index is 2.01. The van der Waals surface area contributed by atoms with Gasteiger partial charge in [0.2, 0.25) is 5.91 Å². The monoisotopic (exact) mass is 278 g/mol. The summed E-state index contributed by atoms with van der Waals surface area (Å²) in [6.45, 7) is 7.03. The number of ether oxygens (including phenoxy) is 2. The number of carbonyl (C=O) groups is 1. The van der Waals surface area contributed by atoms with Crippen molar-refractivity contribution in [3.05, 3.63) is 24.3 Å². The van der Waals surface area contributed by atoms with Gasteiger partial charge in [-0.05, 0) is 26.0 Å². The number of hydrogen-bond donors (Lipinski definition) is 1. The van der Waals surface area contributed by atoms with Crippen molar-refractivity contribution in [2.24, 2.45) is 0 Å². The highest BCUT2D eigenvalue weighted by molar-refractivity contribution is 5.95. The Morgan fingerprint density at radius 3 is 2.75 bits per heavy atom. The Kier molecular flexibility index (Phi) is 5.38. The summed E-state index contributed by atoms with van der Waals surface area (Å²) >= 11 is 0. The SMILES string of the molecule is CC(C)OCC(=O)Nc1ccccc1N1CCOCC1. The second kappa shape index (κ2) is 7.26. The van der Waals surface area contributed by atoms with E-state index < -0.39 is 0 Å². The lowest BCUT2D eigenvalue weighted by Crippen LogP contribution is -2.36. The van der Waals surface area contributed by atoms with E-state index >= 15 is 0 Å². The number of para-hydroxylation sites is 2. The Hall–Kier alpha value is -1.59. The van der Waals surface area contributed by atoms with Crippen molar-refractivity contribution in [1.82, 2.24) is 0 Å². The molecule has 1 aromatic rings. The maximum absolute atomic E-state index is 11.9. The van der Waals surface area contributed by atoms with Crippen molar-refractivity contribution >= 4 is 17.3 Å². The molecule has 0 radical (unpaired) electrons. The summed E-state index contributed by atoms with van der Waals surface area (Å²) < 4.78 is 10.7. The molecular formula is C15H22N2O3. The lowest BCUT2D eigenvalue weighted by Gasteiger charge is -2.30. The molecule has 0 aliphatic carbocycles. The third-order valence-corrected chi connectivity index (χ3v) is 3.08. The Morgan fingerprint density at radius 2 is 2.05 bits per heavy atom. The minimum absolute atomic E-state index is 0.0511. The highest BCUT2D eigenvalue weighted by atomic mass is 16.5. The number of morpholine rings is 1. The molecular weight excluding hydrogens is 256 g/mol. The van der Waals surface area contributed by atoms with Crippen LogP contribution in [0.5, 0.6) is 0 Å². The largest absolute Gasteiger partial charge is 0.378 e. The summed E-state index contributed by atoms with van der Waals surface area (Å²) in [5, 5.41) is 2.92. The normalized spacial score (nSPS) is 15.4. The van der Waals surface area contributed by atoms with Gasteiger partial charge in [0, 0.05) is 13.1 Å². The third-order valence-electron chi connectivity index (χ3n) is 3.08. The van der Waals surface area contributed by atoms with Gasteiger partial charge < -0.3 is 19.7 Å². The summed E-state index contributed by atoms with van der Waals surface area (Å²) in [6, 6.07) is 7.83. The van der Waals surface area contributed by atoms with Gasteiger partial charge in [-0.25, -0.2) is 0 Å². The molecule has 0 unspecified atom stereocenters. The van der Waals surface area contributed by atoms with Gasteiger partial charge in [0.1, 0.15) is 6.61 Å². The standard InChI is InChI=1S/C15H22N2O3/c1-12(2)20-11-15(18)16-13-5-3-4-6-14(13)17-7-9-19-10-8-17/h3-6,12H,7-11H2,1-2H3,(H,16,18). The number of amides is 1. The van der Waals surface area contributed by atoms with E-state index in [1.54, 1.807) is 0 Å². The smallest absolute Gasteiger partial charge is 0.250 e. The van der Waals surface area contributed by atoms with Crippen LogP contribution in [-0.4, -0.2) is 44.9 Å². The Morgan fingerprint density at radius 1 is 1.35 bits per heavy atom. The van der Waals surface area contributed by atoms with Gasteiger partial charge in [-0.3, -0.25) is 4.79 Å². The van der Waals surface area contributed by atoms with Crippen LogP contribution in [-0.2, 0) is 14.3 Å². The molecule has 0 bridgehead atoms. The minimum atomic E-state index is -0.126. The molecule has 5 nitrogen and oxygen atoms in total. The molecule has 110 valence electrons. The number of carbonyl (C=O) groups excluding carboxylic acids is 1. The van der Waals surface area contributed by atoms with Crippen molar-refractivity contribution < 1.29 is 14.3 Å². The van der Waals surface area contributed by atoms with Crippen LogP contribution in [0.1, 0.15) is 13.8 Å². The highest BCUT2D eigenvalue weighted by Gasteiger charge is 2.15. The van der Waals surface area contributed by atoms with Gasteiger partial charge in [0.15, 0.2) is 0 Å². The van der Waals surface area contributed by atoms with E-state index in [1.165, 1.54) is 0 Å². The molecule has 1 amide bonds. The molecule has 1 heterocycles. The molecule has 2 rings (SSSR count). The van der Waals surface area contributed by atoms with Gasteiger partial charge in [0.05, 0.1) is 30.7 Å². The summed E-state index contributed by atoms with van der Waals surface area (Å²) in [6.07, 6.45) is 0.0511. The summed E-state index contributed by atoms with van der Waals surface area (Å²) in [7, 11) is 0. The number of nitrogens with one attached hydrogen (secondary N) is 1. The lowest BCUT2D eigenvalue weighted by atomic mass is 10.2. The quantitative estimate of drug-likeness (QED) is 0.893. The maximum Gasteiger partial charge on any atom is 0.250 e. The van der Waals surface area contributed by atoms with E-state index in [2.05, 4.69) is 10.2 Å². The van der Waals surface area contributed by atoms with Gasteiger partial charge >= 0.3 is 0 Å². The van der Waals surface area contributed by atoms with E-state index in [0.29, 0.717) is 0 Å². The van der Waals surface area contributed by atoms with Crippen LogP contribution in [0.25, 0.3) is 0 Å². The van der Waals surface area contributed by atoms with Gasteiger partial charge in [-0.1, -0.05) is 12.1 Å². The van der Waals surface area contributed by atoms with Crippen LogP contribution in [0.2, 0.25) is 0 Å². The second-order valence-electron chi connectivity index (χ2n) is 5.02. The first-order valence-electron chi connectivity index (χ1n) is 7.00. The molecule has 0 spiro atoms. The lowest BCUT2D eigenvalue weighted by molar-refractivity contribution is -0.121. The first-order chi connectivity index (χ1) is 9.66. The molecule has 1 fully saturated rings. The topological polar surface area (TPSA) is 50.8 Å². The van der Waals surface area contributed by atoms with E-state index in [9.17, 15) is 4.79 Å². The van der Waals surface area contributed by atoms with Crippen molar-refractivity contribution in [2.75, 3.05) is 43.1 Å². The molecule has 0 aromatic heterocycles. The number of rotatable bonds is 5. The average molecular weight is 278 g/mol. The molecule has 0 saturated carbocycles. The van der Waals surface area contributed by atoms with E-state index in [4.69, 9.17) is 9.47 Å². The molecule has 1 saturated heterocycles. The predicted molar refractivity (Wildman–Crippen MR) is 79.2 cm³/mol. The third kappa shape index (κ3) is 4.21. The van der Waals surface area contributed by atoms with Crippen LogP contribution in [0.4, 0.5) is 11.4 Å². The Bertz CT molecular complexity index is 442. The number of anilines is 2. The van der Waals surface area contributed by atoms with Gasteiger partial charge in [-0.15, -0.1) is 0 Å². The summed E-state index contributed by atoms with van der Waals surface area (Å²) in [5.74, 6) is -0.126. The van der Waals surface area contributed by atoms with Crippen molar-refractivity contribution in [3.63, 3.8) is 0 Å². The first kappa shape index (κ1) is 14.8. The average Bonchev–Trinajstić information content (AvgIpc) is 2.47. The molecule has 20 heavy (non-hydrogen) atoms. The van der Waals surface area contributed by atoms with Crippen LogP contribution >= 0.6 is 0 Å². The molecule has 1 aliphatic heterocycles. The maximum atomic E-state index is 11.9. The van der Waals surface area contributed by atoms with Crippen molar-refractivity contribution in [1.29, 1.82) is 0 Å². The highest BCUT2D eigenvalue weighted by Crippen LogP contribution is 2.26. The number of benzene rings is 1. The van der Waals surface area contributed by atoms with Crippen LogP contribution in [0, 0.1) is 0 Å². The van der Waals surface area contributed by atoms with Crippen LogP contribution < -0.4 is 10.2 Å². The second-order valence-corrected chi connectivity index (χ2v) is 5.02. The van der Waals surface area contributed by atoms with E-state index in [0.717, 1.165) is 37.7 Å². The van der Waals surface area contributed by atoms with Crippen LogP contribution in [0.3, 0.4) is 0 Å². The zero-order chi connectivity index (χ0) is 14.4. The van der Waals surface area contributed by atoms with Crippen molar-refractivity contribution in [3.8, 4) is 0 Å². The Labute approximate surface area is 119 Å². The zero-order valence-electron chi connectivity index (χ0n) is 12.1. The predicted octanol–water partition coefficient (Wildman–Crippen LogP) is 1.89. The summed E-state index contributed by atoms with van der Waals surface area (Å²) in [5.41, 5.74) is 1.86. The summed E-state index contributed by atoms with van der Waals surface area (Å²) in [4.78, 5) is 14.1. The zero-order valence-corrected chi connectivity index (χ0v) is 12.1. The molecule has 0 atom stereocenters. The molecule has 1 N–H and O–H groups in total.